The van der Waals surface area contributed by atoms with Crippen molar-refractivity contribution in [2.45, 2.75) is 19.9 Å². The van der Waals surface area contributed by atoms with Gasteiger partial charge in [0.25, 0.3) is 5.91 Å². The lowest BCUT2D eigenvalue weighted by Gasteiger charge is -2.22. The maximum absolute atomic E-state index is 12.3. The maximum atomic E-state index is 12.3. The molecule has 0 aromatic carbocycles. The van der Waals surface area contributed by atoms with Gasteiger partial charge < -0.3 is 16.0 Å². The quantitative estimate of drug-likeness (QED) is 0.829. The van der Waals surface area contributed by atoms with Crippen molar-refractivity contribution in [1.29, 1.82) is 0 Å². The molecule has 1 aliphatic heterocycles. The van der Waals surface area contributed by atoms with Crippen molar-refractivity contribution in [2.75, 3.05) is 20.1 Å². The van der Waals surface area contributed by atoms with Crippen molar-refractivity contribution in [1.82, 2.24) is 15.2 Å². The van der Waals surface area contributed by atoms with Crippen LogP contribution in [0.4, 0.5) is 0 Å². The summed E-state index contributed by atoms with van der Waals surface area (Å²) in [6, 6.07) is 0. The Kier molecular flexibility index (Phi) is 3.86. The maximum Gasteiger partial charge on any atom is 0.273 e. The van der Waals surface area contributed by atoms with Gasteiger partial charge in [-0.3, -0.25) is 9.59 Å². The fourth-order valence-electron chi connectivity index (χ4n) is 2.29. The first kappa shape index (κ1) is 14.0. The minimum Gasteiger partial charge on any atom is -0.359 e. The van der Waals surface area contributed by atoms with E-state index in [-0.39, 0.29) is 11.8 Å². The molecule has 2 amide bonds. The Balaban J connectivity index is 2.08. The van der Waals surface area contributed by atoms with Crippen LogP contribution in [-0.4, -0.2) is 41.8 Å². The summed E-state index contributed by atoms with van der Waals surface area (Å²) in [5, 5.41) is 5.12. The number of likely N-dealkylation sites (tertiary alicyclic amines) is 1. The molecule has 19 heavy (non-hydrogen) atoms. The van der Waals surface area contributed by atoms with E-state index in [9.17, 15) is 9.59 Å². The molecule has 1 saturated heterocycles. The fraction of sp³-hybridized carbons (Fsp3) is 0.583. The number of thiazole rings is 1. The Morgan fingerprint density at radius 1 is 1.63 bits per heavy atom. The SMILES string of the molecule is CNC(=O)C1(C)CCN(C(=O)c2csc(CN)n2)C1. The van der Waals surface area contributed by atoms with Gasteiger partial charge in [-0.05, 0) is 13.3 Å². The number of nitrogens with zero attached hydrogens (tertiary/aromatic N) is 2. The van der Waals surface area contributed by atoms with Gasteiger partial charge in [-0.1, -0.05) is 0 Å². The number of nitrogens with one attached hydrogen (secondary N) is 1. The second kappa shape index (κ2) is 5.26. The third kappa shape index (κ3) is 2.62. The van der Waals surface area contributed by atoms with Gasteiger partial charge in [0.2, 0.25) is 5.91 Å². The molecule has 1 aromatic rings. The highest BCUT2D eigenvalue weighted by atomic mass is 32.1. The van der Waals surface area contributed by atoms with Crippen LogP contribution in [0, 0.1) is 5.41 Å². The molecule has 1 atom stereocenters. The van der Waals surface area contributed by atoms with E-state index in [2.05, 4.69) is 10.3 Å². The number of carbonyl (C=O) groups excluding carboxylic acids is 2. The number of nitrogens with two attached hydrogens (primary N) is 1. The second-order valence-electron chi connectivity index (χ2n) is 4.95. The first-order valence-electron chi connectivity index (χ1n) is 6.16. The van der Waals surface area contributed by atoms with Crippen molar-refractivity contribution in [3.05, 3.63) is 16.1 Å². The fourth-order valence-corrected chi connectivity index (χ4v) is 2.93. The number of hydrogen-bond donors (Lipinski definition) is 2. The van der Waals surface area contributed by atoms with Crippen LogP contribution in [0.15, 0.2) is 5.38 Å². The number of aromatic nitrogens is 1. The van der Waals surface area contributed by atoms with Gasteiger partial charge in [0.1, 0.15) is 10.7 Å². The summed E-state index contributed by atoms with van der Waals surface area (Å²) in [6.07, 6.45) is 0.673. The Morgan fingerprint density at radius 2 is 2.37 bits per heavy atom. The van der Waals surface area contributed by atoms with Gasteiger partial charge >= 0.3 is 0 Å². The first-order valence-corrected chi connectivity index (χ1v) is 7.04. The minimum atomic E-state index is -0.503. The zero-order valence-electron chi connectivity index (χ0n) is 11.1. The third-order valence-corrected chi connectivity index (χ3v) is 4.35. The van der Waals surface area contributed by atoms with E-state index in [4.69, 9.17) is 5.73 Å². The normalized spacial score (nSPS) is 22.6. The van der Waals surface area contributed by atoms with Crippen LogP contribution < -0.4 is 11.1 Å². The van der Waals surface area contributed by atoms with E-state index >= 15 is 0 Å². The van der Waals surface area contributed by atoms with E-state index in [1.807, 2.05) is 6.92 Å². The van der Waals surface area contributed by atoms with Crippen LogP contribution >= 0.6 is 11.3 Å². The Hall–Kier alpha value is -1.47. The van der Waals surface area contributed by atoms with E-state index in [0.717, 1.165) is 5.01 Å². The van der Waals surface area contributed by atoms with E-state index < -0.39 is 5.41 Å². The van der Waals surface area contributed by atoms with Crippen molar-refractivity contribution < 1.29 is 9.59 Å². The molecule has 1 aromatic heterocycles. The molecule has 0 saturated carbocycles. The molecular weight excluding hydrogens is 264 g/mol. The lowest BCUT2D eigenvalue weighted by atomic mass is 9.89. The summed E-state index contributed by atoms with van der Waals surface area (Å²) in [5.41, 5.74) is 5.41. The molecule has 0 aliphatic carbocycles. The zero-order chi connectivity index (χ0) is 14.0. The predicted octanol–water partition coefficient (Wildman–Crippen LogP) is 0.200. The van der Waals surface area contributed by atoms with Gasteiger partial charge in [0, 0.05) is 32.1 Å². The average molecular weight is 282 g/mol. The number of amides is 2. The lowest BCUT2D eigenvalue weighted by Crippen LogP contribution is -2.40. The van der Waals surface area contributed by atoms with Crippen LogP contribution in [0.3, 0.4) is 0 Å². The van der Waals surface area contributed by atoms with Crippen molar-refractivity contribution in [3.63, 3.8) is 0 Å². The summed E-state index contributed by atoms with van der Waals surface area (Å²) in [5.74, 6) is -0.146. The zero-order valence-corrected chi connectivity index (χ0v) is 11.9. The predicted molar refractivity (Wildman–Crippen MR) is 72.7 cm³/mol. The van der Waals surface area contributed by atoms with E-state index in [1.165, 1.54) is 11.3 Å². The van der Waals surface area contributed by atoms with Crippen molar-refractivity contribution in [3.8, 4) is 0 Å². The summed E-state index contributed by atoms with van der Waals surface area (Å²) in [4.78, 5) is 30.0. The lowest BCUT2D eigenvalue weighted by molar-refractivity contribution is -0.128. The topological polar surface area (TPSA) is 88.3 Å². The molecule has 104 valence electrons. The van der Waals surface area contributed by atoms with Crippen LogP contribution in [0.1, 0.15) is 28.8 Å². The Morgan fingerprint density at radius 3 is 2.95 bits per heavy atom. The molecule has 2 rings (SSSR count). The average Bonchev–Trinajstić information content (AvgIpc) is 3.04. The molecule has 0 radical (unpaired) electrons. The smallest absolute Gasteiger partial charge is 0.273 e. The van der Waals surface area contributed by atoms with Gasteiger partial charge in [-0.15, -0.1) is 11.3 Å². The van der Waals surface area contributed by atoms with Crippen LogP contribution in [-0.2, 0) is 11.3 Å². The molecule has 1 fully saturated rings. The van der Waals surface area contributed by atoms with Gasteiger partial charge in [-0.2, -0.15) is 0 Å². The van der Waals surface area contributed by atoms with Gasteiger partial charge in [0.05, 0.1) is 5.41 Å². The molecule has 0 spiro atoms. The van der Waals surface area contributed by atoms with E-state index in [0.29, 0.717) is 31.7 Å². The van der Waals surface area contributed by atoms with Crippen molar-refractivity contribution in [2.24, 2.45) is 11.1 Å². The highest BCUT2D eigenvalue weighted by molar-refractivity contribution is 7.09. The minimum absolute atomic E-state index is 0.0243. The van der Waals surface area contributed by atoms with Gasteiger partial charge in [0.15, 0.2) is 0 Å². The Bertz CT molecular complexity index is 502. The molecule has 3 N–H and O–H groups in total. The number of hydrogen-bond acceptors (Lipinski definition) is 5. The van der Waals surface area contributed by atoms with Gasteiger partial charge in [-0.25, -0.2) is 4.98 Å². The van der Waals surface area contributed by atoms with Crippen LogP contribution in [0.2, 0.25) is 0 Å². The van der Waals surface area contributed by atoms with Crippen LogP contribution in [0.5, 0.6) is 0 Å². The molecule has 6 nitrogen and oxygen atoms in total. The first-order chi connectivity index (χ1) is 9.00. The summed E-state index contributed by atoms with van der Waals surface area (Å²) < 4.78 is 0. The molecule has 1 unspecified atom stereocenters. The molecule has 1 aliphatic rings. The molecule has 7 heteroatoms. The molecular formula is C12H18N4O2S. The molecule has 0 bridgehead atoms. The standard InChI is InChI=1S/C12H18N4O2S/c1-12(11(18)14-2)3-4-16(7-12)10(17)8-6-19-9(5-13)15-8/h6H,3-5,7,13H2,1-2H3,(H,14,18). The second-order valence-corrected chi connectivity index (χ2v) is 5.89. The summed E-state index contributed by atoms with van der Waals surface area (Å²) in [7, 11) is 1.62. The van der Waals surface area contributed by atoms with E-state index in [1.54, 1.807) is 17.3 Å². The highest BCUT2D eigenvalue weighted by Crippen LogP contribution is 2.31. The van der Waals surface area contributed by atoms with Crippen molar-refractivity contribution >= 4 is 23.2 Å². The van der Waals surface area contributed by atoms with Crippen LogP contribution in [0.25, 0.3) is 0 Å². The number of rotatable bonds is 3. The monoisotopic (exact) mass is 282 g/mol. The Labute approximate surface area is 116 Å². The third-order valence-electron chi connectivity index (χ3n) is 3.48. The number of carbonyl (C=O) groups is 2. The largest absolute Gasteiger partial charge is 0.359 e. The highest BCUT2D eigenvalue weighted by Gasteiger charge is 2.41. The summed E-state index contributed by atoms with van der Waals surface area (Å²) in [6.45, 7) is 3.23. The molecule has 2 heterocycles. The summed E-state index contributed by atoms with van der Waals surface area (Å²) >= 11 is 1.38.